The molecule has 4 aromatic rings. The summed E-state index contributed by atoms with van der Waals surface area (Å²) in [5.74, 6) is 2.75. The van der Waals surface area contributed by atoms with Crippen molar-refractivity contribution >= 4 is 50.9 Å². The van der Waals surface area contributed by atoms with Gasteiger partial charge in [0.05, 0.1) is 16.0 Å². The molecule has 2 aromatic carbocycles. The first kappa shape index (κ1) is 21.1. The number of hydrogen-bond acceptors (Lipinski definition) is 7. The number of carbonyl (C=O) groups excluding carboxylic acids is 1. The van der Waals surface area contributed by atoms with E-state index >= 15 is 0 Å². The highest BCUT2D eigenvalue weighted by atomic mass is 32.2. The summed E-state index contributed by atoms with van der Waals surface area (Å²) in [5, 5.41) is 9.70. The molecule has 0 aliphatic rings. The summed E-state index contributed by atoms with van der Waals surface area (Å²) >= 11 is 5.08. The third kappa shape index (κ3) is 5.11. The average molecular weight is 455 g/mol. The van der Waals surface area contributed by atoms with Crippen LogP contribution in [0.2, 0.25) is 0 Å². The Hall–Kier alpha value is -2.16. The summed E-state index contributed by atoms with van der Waals surface area (Å²) < 4.78 is 4.41. The quantitative estimate of drug-likeness (QED) is 0.167. The maximum absolute atomic E-state index is 12.2. The Morgan fingerprint density at radius 1 is 1.03 bits per heavy atom. The molecule has 0 N–H and O–H groups in total. The average Bonchev–Trinajstić information content (AvgIpc) is 3.38. The van der Waals surface area contributed by atoms with Gasteiger partial charge < -0.3 is 4.57 Å². The van der Waals surface area contributed by atoms with Crippen molar-refractivity contribution < 1.29 is 4.79 Å². The molecule has 0 aliphatic carbocycles. The van der Waals surface area contributed by atoms with Crippen molar-refractivity contribution in [3.8, 4) is 0 Å². The van der Waals surface area contributed by atoms with Gasteiger partial charge in [0.15, 0.2) is 15.3 Å². The molecule has 0 radical (unpaired) electrons. The standard InChI is InChI=1S/C22H22N4OS3/c1-2-26-20(15-29-22-23-17-11-6-7-13-19(17)30-22)24-25-21(26)28-14-8-12-18(27)16-9-4-3-5-10-16/h3-7,9-11,13H,2,8,12,14-15H2,1H3. The topological polar surface area (TPSA) is 60.7 Å². The first-order chi connectivity index (χ1) is 14.7. The first-order valence-corrected chi connectivity index (χ1v) is 12.6. The summed E-state index contributed by atoms with van der Waals surface area (Å²) in [7, 11) is 0. The number of para-hydroxylation sites is 1. The predicted molar refractivity (Wildman–Crippen MR) is 126 cm³/mol. The Morgan fingerprint density at radius 3 is 2.63 bits per heavy atom. The minimum absolute atomic E-state index is 0.195. The van der Waals surface area contributed by atoms with E-state index < -0.39 is 0 Å². The third-order valence-corrected chi connectivity index (χ3v) is 7.81. The summed E-state index contributed by atoms with van der Waals surface area (Å²) in [6.45, 7) is 2.94. The number of nitrogens with zero attached hydrogens (tertiary/aromatic N) is 4. The number of carbonyl (C=O) groups is 1. The van der Waals surface area contributed by atoms with Gasteiger partial charge in [-0.2, -0.15) is 0 Å². The highest BCUT2D eigenvalue weighted by Gasteiger charge is 2.13. The van der Waals surface area contributed by atoms with E-state index in [0.717, 1.165) is 50.9 Å². The molecular formula is C22H22N4OS3. The van der Waals surface area contributed by atoms with E-state index in [2.05, 4.69) is 32.7 Å². The second-order valence-corrected chi connectivity index (χ2v) is 9.94. The lowest BCUT2D eigenvalue weighted by molar-refractivity contribution is 0.0982. The van der Waals surface area contributed by atoms with E-state index in [0.29, 0.717) is 6.42 Å². The van der Waals surface area contributed by atoms with Crippen molar-refractivity contribution in [2.45, 2.75) is 41.6 Å². The molecular weight excluding hydrogens is 432 g/mol. The van der Waals surface area contributed by atoms with E-state index in [4.69, 9.17) is 0 Å². The highest BCUT2D eigenvalue weighted by molar-refractivity contribution is 8.00. The van der Waals surface area contributed by atoms with Crippen LogP contribution in [0.15, 0.2) is 64.1 Å². The third-order valence-electron chi connectivity index (χ3n) is 4.58. The van der Waals surface area contributed by atoms with Gasteiger partial charge in [0, 0.05) is 24.3 Å². The van der Waals surface area contributed by atoms with Crippen molar-refractivity contribution in [1.29, 1.82) is 0 Å². The van der Waals surface area contributed by atoms with E-state index in [1.54, 1.807) is 34.9 Å². The van der Waals surface area contributed by atoms with Gasteiger partial charge in [-0.25, -0.2) is 4.98 Å². The van der Waals surface area contributed by atoms with Crippen LogP contribution in [0.3, 0.4) is 0 Å². The van der Waals surface area contributed by atoms with E-state index in [1.165, 1.54) is 4.70 Å². The molecule has 0 unspecified atom stereocenters. The lowest BCUT2D eigenvalue weighted by atomic mass is 10.1. The number of hydrogen-bond donors (Lipinski definition) is 0. The van der Waals surface area contributed by atoms with Crippen LogP contribution in [0.5, 0.6) is 0 Å². The molecule has 0 fully saturated rings. The van der Waals surface area contributed by atoms with E-state index in [-0.39, 0.29) is 5.78 Å². The minimum atomic E-state index is 0.195. The minimum Gasteiger partial charge on any atom is -0.306 e. The van der Waals surface area contributed by atoms with E-state index in [1.807, 2.05) is 48.5 Å². The van der Waals surface area contributed by atoms with Crippen LogP contribution >= 0.6 is 34.9 Å². The second kappa shape index (κ2) is 10.2. The van der Waals surface area contributed by atoms with Crippen LogP contribution in [0, 0.1) is 0 Å². The molecule has 5 nitrogen and oxygen atoms in total. The molecule has 4 rings (SSSR count). The van der Waals surface area contributed by atoms with E-state index in [9.17, 15) is 4.79 Å². The van der Waals surface area contributed by atoms with Crippen molar-refractivity contribution in [2.75, 3.05) is 5.75 Å². The number of aromatic nitrogens is 4. The van der Waals surface area contributed by atoms with Gasteiger partial charge in [0.1, 0.15) is 5.82 Å². The predicted octanol–water partition coefficient (Wildman–Crippen LogP) is 5.96. The molecule has 2 heterocycles. The van der Waals surface area contributed by atoms with Gasteiger partial charge in [-0.3, -0.25) is 4.79 Å². The fourth-order valence-electron chi connectivity index (χ4n) is 3.05. The van der Waals surface area contributed by atoms with Gasteiger partial charge in [-0.05, 0) is 25.5 Å². The van der Waals surface area contributed by atoms with Crippen LogP contribution < -0.4 is 0 Å². The van der Waals surface area contributed by atoms with Gasteiger partial charge in [-0.15, -0.1) is 21.5 Å². The van der Waals surface area contributed by atoms with Crippen molar-refractivity contribution in [2.24, 2.45) is 0 Å². The van der Waals surface area contributed by atoms with Gasteiger partial charge >= 0.3 is 0 Å². The fraction of sp³-hybridized carbons (Fsp3) is 0.273. The zero-order valence-corrected chi connectivity index (χ0v) is 19.1. The zero-order valence-electron chi connectivity index (χ0n) is 16.7. The van der Waals surface area contributed by atoms with Crippen LogP contribution in [0.1, 0.15) is 35.9 Å². The normalized spacial score (nSPS) is 11.2. The molecule has 30 heavy (non-hydrogen) atoms. The van der Waals surface area contributed by atoms with Crippen molar-refractivity contribution in [1.82, 2.24) is 19.7 Å². The number of benzene rings is 2. The summed E-state index contributed by atoms with van der Waals surface area (Å²) in [4.78, 5) is 16.9. The molecule has 0 aliphatic heterocycles. The molecule has 154 valence electrons. The Balaban J connectivity index is 1.30. The van der Waals surface area contributed by atoms with Crippen LogP contribution in [-0.2, 0) is 12.3 Å². The number of rotatable bonds is 10. The second-order valence-electron chi connectivity index (χ2n) is 6.62. The molecule has 0 bridgehead atoms. The maximum atomic E-state index is 12.2. The first-order valence-electron chi connectivity index (χ1n) is 9.86. The number of thiazole rings is 1. The molecule has 0 amide bonds. The SMILES string of the molecule is CCn1c(CSc2nc3ccccc3s2)nnc1SCCCC(=O)c1ccccc1. The smallest absolute Gasteiger partial charge is 0.191 e. The number of ketones is 1. The number of thioether (sulfide) groups is 2. The molecule has 2 aromatic heterocycles. The highest BCUT2D eigenvalue weighted by Crippen LogP contribution is 2.31. The van der Waals surface area contributed by atoms with Crippen molar-refractivity contribution in [3.63, 3.8) is 0 Å². The maximum Gasteiger partial charge on any atom is 0.191 e. The van der Waals surface area contributed by atoms with Gasteiger partial charge in [0.2, 0.25) is 0 Å². The number of Topliss-reactive ketones (excluding diaryl/α,β-unsaturated/α-hetero) is 1. The Bertz CT molecular complexity index is 1090. The summed E-state index contributed by atoms with van der Waals surface area (Å²) in [5.41, 5.74) is 1.83. The van der Waals surface area contributed by atoms with Crippen LogP contribution in [-0.4, -0.2) is 31.3 Å². The van der Waals surface area contributed by atoms with Gasteiger partial charge in [-0.1, -0.05) is 66.0 Å². The fourth-order valence-corrected chi connectivity index (χ4v) is 6.02. The molecule has 0 spiro atoms. The van der Waals surface area contributed by atoms with Crippen molar-refractivity contribution in [3.05, 3.63) is 66.0 Å². The zero-order chi connectivity index (χ0) is 20.8. The monoisotopic (exact) mass is 454 g/mol. The Morgan fingerprint density at radius 2 is 1.83 bits per heavy atom. The molecule has 0 saturated heterocycles. The van der Waals surface area contributed by atoms with Gasteiger partial charge in [0.25, 0.3) is 0 Å². The molecule has 8 heteroatoms. The Kier molecular flexibility index (Phi) is 7.20. The van der Waals surface area contributed by atoms with Crippen LogP contribution in [0.25, 0.3) is 10.2 Å². The molecule has 0 saturated carbocycles. The van der Waals surface area contributed by atoms with Crippen LogP contribution in [0.4, 0.5) is 0 Å². The summed E-state index contributed by atoms with van der Waals surface area (Å²) in [6, 6.07) is 17.7. The largest absolute Gasteiger partial charge is 0.306 e. The lowest BCUT2D eigenvalue weighted by Gasteiger charge is -2.06. The lowest BCUT2D eigenvalue weighted by Crippen LogP contribution is -2.03. The number of fused-ring (bicyclic) bond motifs is 1. The molecule has 0 atom stereocenters. The summed E-state index contributed by atoms with van der Waals surface area (Å²) in [6.07, 6.45) is 1.38. The Labute approximate surface area is 188 Å².